The van der Waals surface area contributed by atoms with E-state index in [1.165, 1.54) is 6.20 Å². The summed E-state index contributed by atoms with van der Waals surface area (Å²) in [5.74, 6) is -0.788. The molecule has 7 nitrogen and oxygen atoms in total. The number of aliphatic imine (C=N–C) groups is 1. The molecule has 0 fully saturated rings. The van der Waals surface area contributed by atoms with Gasteiger partial charge in [0.2, 0.25) is 0 Å². The fourth-order valence-electron chi connectivity index (χ4n) is 2.89. The molecule has 0 bridgehead atoms. The Hall–Kier alpha value is -3.00. The third kappa shape index (κ3) is 3.11. The van der Waals surface area contributed by atoms with Crippen LogP contribution in [0.3, 0.4) is 0 Å². The summed E-state index contributed by atoms with van der Waals surface area (Å²) < 4.78 is 32.6. The molecule has 2 aliphatic heterocycles. The first-order valence-electron chi connectivity index (χ1n) is 8.01. The highest BCUT2D eigenvalue weighted by molar-refractivity contribution is 7.90. The topological polar surface area (TPSA) is 88.4 Å². The molecule has 0 unspecified atom stereocenters. The zero-order valence-electron chi connectivity index (χ0n) is 13.7. The summed E-state index contributed by atoms with van der Waals surface area (Å²) in [5, 5.41) is 2.04. The fraction of sp³-hybridized carbons (Fsp3) is 0.167. The predicted octanol–water partition coefficient (Wildman–Crippen LogP) is 1.85. The number of benzene rings is 2. The molecule has 8 heteroatoms. The normalized spacial score (nSPS) is 18.1. The number of hydrogen-bond donors (Lipinski definition) is 0. The minimum atomic E-state index is -3.59. The smallest absolute Gasteiger partial charge is 0.361 e. The lowest BCUT2D eigenvalue weighted by Gasteiger charge is -2.27. The van der Waals surface area contributed by atoms with Crippen LogP contribution in [0.15, 0.2) is 64.3 Å². The van der Waals surface area contributed by atoms with E-state index in [0.717, 1.165) is 16.3 Å². The molecule has 2 aromatic carbocycles. The average Bonchev–Trinajstić information content (AvgIpc) is 2.65. The van der Waals surface area contributed by atoms with Crippen molar-refractivity contribution >= 4 is 38.3 Å². The van der Waals surface area contributed by atoms with E-state index < -0.39 is 16.0 Å². The second-order valence-electron chi connectivity index (χ2n) is 5.88. The van der Waals surface area contributed by atoms with Crippen LogP contribution in [0.5, 0.6) is 0 Å². The number of sulfonamides is 1. The highest BCUT2D eigenvalue weighted by atomic mass is 32.2. The number of carbonyl (C=O) groups excluding carboxylic acids is 1. The Kier molecular flexibility index (Phi) is 4.04. The van der Waals surface area contributed by atoms with E-state index >= 15 is 0 Å². The number of nitrogens with zero attached hydrogens (tertiary/aromatic N) is 3. The zero-order valence-corrected chi connectivity index (χ0v) is 14.5. The Morgan fingerprint density at radius 2 is 1.96 bits per heavy atom. The molecule has 2 aromatic rings. The minimum absolute atomic E-state index is 0.0154. The van der Waals surface area contributed by atoms with E-state index in [2.05, 4.69) is 9.39 Å². The van der Waals surface area contributed by atoms with Gasteiger partial charge in [-0.25, -0.2) is 18.2 Å². The lowest BCUT2D eigenvalue weighted by molar-refractivity contribution is -0.136. The molecular weight excluding hydrogens is 354 g/mol. The molecule has 2 aliphatic rings. The van der Waals surface area contributed by atoms with Gasteiger partial charge in [0.1, 0.15) is 6.61 Å². The standard InChI is InChI=1S/C18H15N3O4S/c22-18(16-17-20-26(23,24)11-10-21(17)9-8-19-16)25-12-14-6-3-5-13-4-1-2-7-15(13)14/h1-9H,10-12H2. The maximum atomic E-state index is 12.5. The van der Waals surface area contributed by atoms with Crippen molar-refractivity contribution in [1.82, 2.24) is 4.90 Å². The molecule has 0 aromatic heterocycles. The number of fused-ring (bicyclic) bond motifs is 2. The number of rotatable bonds is 3. The molecule has 4 rings (SSSR count). The van der Waals surface area contributed by atoms with Crippen LogP contribution in [0.4, 0.5) is 0 Å². The lowest BCUT2D eigenvalue weighted by atomic mass is 10.1. The van der Waals surface area contributed by atoms with Crippen molar-refractivity contribution in [3.8, 4) is 0 Å². The van der Waals surface area contributed by atoms with Crippen LogP contribution >= 0.6 is 0 Å². The third-order valence-electron chi connectivity index (χ3n) is 4.18. The number of amidine groups is 1. The van der Waals surface area contributed by atoms with Gasteiger partial charge in [0.15, 0.2) is 11.5 Å². The van der Waals surface area contributed by atoms with Gasteiger partial charge in [0.25, 0.3) is 10.0 Å². The Labute approximate surface area is 150 Å². The number of carbonyl (C=O) groups is 1. The molecule has 0 amide bonds. The third-order valence-corrected chi connectivity index (χ3v) is 5.33. The summed E-state index contributed by atoms with van der Waals surface area (Å²) in [7, 11) is -3.59. The number of hydrogen-bond acceptors (Lipinski definition) is 6. The van der Waals surface area contributed by atoms with Crippen molar-refractivity contribution in [3.05, 3.63) is 60.4 Å². The Morgan fingerprint density at radius 1 is 1.15 bits per heavy atom. The summed E-state index contributed by atoms with van der Waals surface area (Å²) in [6.07, 6.45) is 3.03. The summed E-state index contributed by atoms with van der Waals surface area (Å²) in [6, 6.07) is 13.6. The van der Waals surface area contributed by atoms with Crippen molar-refractivity contribution in [2.75, 3.05) is 12.3 Å². The summed E-state index contributed by atoms with van der Waals surface area (Å²) in [6.45, 7) is 0.288. The molecule has 26 heavy (non-hydrogen) atoms. The van der Waals surface area contributed by atoms with Gasteiger partial charge in [-0.3, -0.25) is 0 Å². The highest BCUT2D eigenvalue weighted by Crippen LogP contribution is 2.20. The predicted molar refractivity (Wildman–Crippen MR) is 98.2 cm³/mol. The molecular formula is C18H15N3O4S. The monoisotopic (exact) mass is 369 g/mol. The molecule has 0 saturated heterocycles. The van der Waals surface area contributed by atoms with Gasteiger partial charge in [-0.2, -0.15) is 0 Å². The van der Waals surface area contributed by atoms with Gasteiger partial charge >= 0.3 is 5.97 Å². The van der Waals surface area contributed by atoms with E-state index in [1.54, 1.807) is 11.1 Å². The van der Waals surface area contributed by atoms with Gasteiger partial charge in [0.05, 0.1) is 5.75 Å². The molecule has 132 valence electrons. The average molecular weight is 369 g/mol. The maximum absolute atomic E-state index is 12.5. The number of esters is 1. The summed E-state index contributed by atoms with van der Waals surface area (Å²) in [4.78, 5) is 18.0. The zero-order chi connectivity index (χ0) is 18.1. The van der Waals surface area contributed by atoms with Crippen molar-refractivity contribution in [1.29, 1.82) is 0 Å². The summed E-state index contributed by atoms with van der Waals surface area (Å²) in [5.41, 5.74) is 0.759. The summed E-state index contributed by atoms with van der Waals surface area (Å²) >= 11 is 0. The van der Waals surface area contributed by atoms with Crippen molar-refractivity contribution in [3.63, 3.8) is 0 Å². The second kappa shape index (κ2) is 6.38. The maximum Gasteiger partial charge on any atom is 0.361 e. The van der Waals surface area contributed by atoms with E-state index in [-0.39, 0.29) is 30.5 Å². The quantitative estimate of drug-likeness (QED) is 0.771. The van der Waals surface area contributed by atoms with Gasteiger partial charge in [0, 0.05) is 18.9 Å². The first-order chi connectivity index (χ1) is 12.5. The molecule has 0 atom stereocenters. The molecule has 0 spiro atoms. The Morgan fingerprint density at radius 3 is 2.85 bits per heavy atom. The largest absolute Gasteiger partial charge is 0.456 e. The van der Waals surface area contributed by atoms with E-state index in [4.69, 9.17) is 4.74 Å². The van der Waals surface area contributed by atoms with Crippen LogP contribution in [-0.4, -0.2) is 43.1 Å². The Balaban J connectivity index is 1.57. The van der Waals surface area contributed by atoms with Crippen LogP contribution < -0.4 is 0 Å². The SMILES string of the molecule is O=C(OCc1cccc2ccccc12)C1=NC=CN2CCS(=O)(=O)N=C12. The van der Waals surface area contributed by atoms with Crippen molar-refractivity contribution in [2.45, 2.75) is 6.61 Å². The first-order valence-corrected chi connectivity index (χ1v) is 9.62. The van der Waals surface area contributed by atoms with Crippen LogP contribution in [0.25, 0.3) is 10.8 Å². The second-order valence-corrected chi connectivity index (χ2v) is 7.64. The minimum Gasteiger partial charge on any atom is -0.456 e. The van der Waals surface area contributed by atoms with Crippen LogP contribution in [0, 0.1) is 0 Å². The lowest BCUT2D eigenvalue weighted by Crippen LogP contribution is -2.45. The molecule has 0 saturated carbocycles. The molecule has 2 heterocycles. The van der Waals surface area contributed by atoms with E-state index in [0.29, 0.717) is 0 Å². The van der Waals surface area contributed by atoms with E-state index in [9.17, 15) is 13.2 Å². The van der Waals surface area contributed by atoms with Crippen LogP contribution in [-0.2, 0) is 26.2 Å². The Bertz CT molecular complexity index is 1080. The van der Waals surface area contributed by atoms with Crippen molar-refractivity contribution < 1.29 is 17.9 Å². The van der Waals surface area contributed by atoms with Gasteiger partial charge in [-0.15, -0.1) is 4.40 Å². The van der Waals surface area contributed by atoms with Gasteiger partial charge < -0.3 is 9.64 Å². The molecule has 0 radical (unpaired) electrons. The first kappa shape index (κ1) is 16.5. The molecule has 0 aliphatic carbocycles. The van der Waals surface area contributed by atoms with Gasteiger partial charge in [-0.1, -0.05) is 42.5 Å². The fourth-order valence-corrected chi connectivity index (χ4v) is 3.87. The van der Waals surface area contributed by atoms with Crippen LogP contribution in [0.1, 0.15) is 5.56 Å². The van der Waals surface area contributed by atoms with Gasteiger partial charge in [-0.05, 0) is 16.3 Å². The highest BCUT2D eigenvalue weighted by Gasteiger charge is 2.32. The van der Waals surface area contributed by atoms with E-state index in [1.807, 2.05) is 42.5 Å². The van der Waals surface area contributed by atoms with Crippen LogP contribution in [0.2, 0.25) is 0 Å². The van der Waals surface area contributed by atoms with Crippen molar-refractivity contribution in [2.24, 2.45) is 9.39 Å². The number of ether oxygens (including phenoxy) is 1. The molecule has 0 N–H and O–H groups in total.